The van der Waals surface area contributed by atoms with Gasteiger partial charge in [0.1, 0.15) is 5.69 Å². The first kappa shape index (κ1) is 17.2. The highest BCUT2D eigenvalue weighted by Gasteiger charge is 2.19. The van der Waals surface area contributed by atoms with Crippen molar-refractivity contribution in [1.29, 1.82) is 0 Å². The van der Waals surface area contributed by atoms with Crippen molar-refractivity contribution in [3.63, 3.8) is 0 Å². The lowest BCUT2D eigenvalue weighted by Crippen LogP contribution is -2.29. The summed E-state index contributed by atoms with van der Waals surface area (Å²) in [5.41, 5.74) is 1.48. The lowest BCUT2D eigenvalue weighted by Gasteiger charge is -2.15. The number of aromatic nitrogens is 2. The zero-order chi connectivity index (χ0) is 17.6. The zero-order valence-electron chi connectivity index (χ0n) is 13.4. The van der Waals surface area contributed by atoms with Gasteiger partial charge in [-0.1, -0.05) is 12.1 Å². The molecule has 0 saturated carbocycles. The highest BCUT2D eigenvalue weighted by molar-refractivity contribution is 7.14. The van der Waals surface area contributed by atoms with Crippen LogP contribution < -0.4 is 10.6 Å². The van der Waals surface area contributed by atoms with E-state index in [9.17, 15) is 9.59 Å². The number of rotatable bonds is 6. The summed E-state index contributed by atoms with van der Waals surface area (Å²) in [5.74, 6) is -0.369. The second kappa shape index (κ2) is 8.00. The van der Waals surface area contributed by atoms with Gasteiger partial charge in [0.2, 0.25) is 11.8 Å². The molecule has 25 heavy (non-hydrogen) atoms. The maximum atomic E-state index is 12.3. The summed E-state index contributed by atoms with van der Waals surface area (Å²) in [7, 11) is 0. The van der Waals surface area contributed by atoms with Crippen molar-refractivity contribution < 1.29 is 9.59 Å². The van der Waals surface area contributed by atoms with Gasteiger partial charge in [-0.25, -0.2) is 4.98 Å². The van der Waals surface area contributed by atoms with Crippen LogP contribution in [0.5, 0.6) is 0 Å². The Balaban J connectivity index is 1.65. The van der Waals surface area contributed by atoms with Gasteiger partial charge in [0.25, 0.3) is 0 Å². The average molecular weight is 372 g/mol. The summed E-state index contributed by atoms with van der Waals surface area (Å²) < 4.78 is 0. The van der Waals surface area contributed by atoms with Crippen molar-refractivity contribution in [1.82, 2.24) is 15.3 Å². The second-order valence-corrected chi connectivity index (χ2v) is 7.11. The highest BCUT2D eigenvalue weighted by Crippen LogP contribution is 2.25. The van der Waals surface area contributed by atoms with Crippen molar-refractivity contribution >= 4 is 39.6 Å². The van der Waals surface area contributed by atoms with Gasteiger partial charge in [0, 0.05) is 23.4 Å². The number of carbonyl (C=O) groups is 2. The Morgan fingerprint density at radius 1 is 1.16 bits per heavy atom. The topological polar surface area (TPSA) is 84.0 Å². The molecule has 0 aliphatic carbocycles. The molecule has 0 aliphatic rings. The maximum absolute atomic E-state index is 12.3. The minimum atomic E-state index is -0.340. The van der Waals surface area contributed by atoms with E-state index in [1.165, 1.54) is 29.6 Å². The summed E-state index contributed by atoms with van der Waals surface area (Å²) in [4.78, 5) is 33.3. The molecule has 2 amide bonds. The van der Waals surface area contributed by atoms with Crippen molar-refractivity contribution in [2.24, 2.45) is 0 Å². The molecular weight excluding hydrogens is 356 g/mol. The normalized spacial score (nSPS) is 11.7. The molecule has 0 saturated heterocycles. The first-order valence-electron chi connectivity index (χ1n) is 7.59. The molecule has 6 nitrogen and oxygen atoms in total. The summed E-state index contributed by atoms with van der Waals surface area (Å²) in [5, 5.41) is 9.89. The Morgan fingerprint density at radius 3 is 2.72 bits per heavy atom. The third-order valence-electron chi connectivity index (χ3n) is 3.33. The SMILES string of the molecule is CC(=O)N[C@H](CC(=O)Nc1nc(-c2ccccn2)cs1)c1cccs1. The van der Waals surface area contributed by atoms with Gasteiger partial charge in [-0.2, -0.15) is 0 Å². The van der Waals surface area contributed by atoms with E-state index in [-0.39, 0.29) is 24.3 Å². The highest BCUT2D eigenvalue weighted by atomic mass is 32.1. The number of nitrogens with one attached hydrogen (secondary N) is 2. The number of hydrogen-bond acceptors (Lipinski definition) is 6. The predicted molar refractivity (Wildman–Crippen MR) is 99.5 cm³/mol. The van der Waals surface area contributed by atoms with Gasteiger partial charge in [0.15, 0.2) is 5.13 Å². The fourth-order valence-corrected chi connectivity index (χ4v) is 3.77. The fraction of sp³-hybridized carbons (Fsp3) is 0.176. The Hall–Kier alpha value is -2.58. The number of thiophene rings is 1. The summed E-state index contributed by atoms with van der Waals surface area (Å²) in [6.45, 7) is 1.44. The third-order valence-corrected chi connectivity index (χ3v) is 5.08. The first-order chi connectivity index (χ1) is 12.1. The number of nitrogens with zero attached hydrogens (tertiary/aromatic N) is 2. The van der Waals surface area contributed by atoms with Crippen LogP contribution in [0.4, 0.5) is 5.13 Å². The standard InChI is InChI=1S/C17H16N4O2S2/c1-11(22)19-13(15-6-4-8-24-15)9-16(23)21-17-20-14(10-25-17)12-5-2-3-7-18-12/h2-8,10,13H,9H2,1H3,(H,19,22)(H,20,21,23)/t13-/m1/s1. The lowest BCUT2D eigenvalue weighted by atomic mass is 10.1. The van der Waals surface area contributed by atoms with Crippen molar-refractivity contribution in [3.8, 4) is 11.4 Å². The van der Waals surface area contributed by atoms with E-state index in [0.717, 1.165) is 16.3 Å². The van der Waals surface area contributed by atoms with Crippen LogP contribution in [-0.2, 0) is 9.59 Å². The minimum absolute atomic E-state index is 0.151. The van der Waals surface area contributed by atoms with Crippen molar-refractivity contribution in [2.45, 2.75) is 19.4 Å². The Kier molecular flexibility index (Phi) is 5.52. The quantitative estimate of drug-likeness (QED) is 0.694. The molecule has 0 spiro atoms. The molecule has 2 N–H and O–H groups in total. The minimum Gasteiger partial charge on any atom is -0.348 e. The van der Waals surface area contributed by atoms with Crippen LogP contribution in [0.3, 0.4) is 0 Å². The maximum Gasteiger partial charge on any atom is 0.228 e. The van der Waals surface area contributed by atoms with Crippen LogP contribution in [0.1, 0.15) is 24.3 Å². The van der Waals surface area contributed by atoms with Crippen LogP contribution in [-0.4, -0.2) is 21.8 Å². The molecule has 0 unspecified atom stereocenters. The molecular formula is C17H16N4O2S2. The monoisotopic (exact) mass is 372 g/mol. The number of hydrogen-bond donors (Lipinski definition) is 2. The molecule has 8 heteroatoms. The van der Waals surface area contributed by atoms with Crippen LogP contribution in [0.2, 0.25) is 0 Å². The lowest BCUT2D eigenvalue weighted by molar-refractivity contribution is -0.120. The largest absolute Gasteiger partial charge is 0.348 e. The Bertz CT molecular complexity index is 847. The van der Waals surface area contributed by atoms with Gasteiger partial charge in [-0.05, 0) is 23.6 Å². The van der Waals surface area contributed by atoms with Gasteiger partial charge in [-0.15, -0.1) is 22.7 Å². The Morgan fingerprint density at radius 2 is 2.04 bits per heavy atom. The third kappa shape index (κ3) is 4.71. The van der Waals surface area contributed by atoms with Crippen LogP contribution in [0.15, 0.2) is 47.3 Å². The van der Waals surface area contributed by atoms with Crippen LogP contribution in [0, 0.1) is 0 Å². The summed E-state index contributed by atoms with van der Waals surface area (Å²) >= 11 is 2.85. The molecule has 3 aromatic heterocycles. The molecule has 0 bridgehead atoms. The molecule has 0 fully saturated rings. The van der Waals surface area contributed by atoms with E-state index in [2.05, 4.69) is 20.6 Å². The van der Waals surface area contributed by atoms with Gasteiger partial charge in [0.05, 0.1) is 18.2 Å². The van der Waals surface area contributed by atoms with Gasteiger partial charge in [-0.3, -0.25) is 14.6 Å². The first-order valence-corrected chi connectivity index (χ1v) is 9.35. The Labute approximate surface area is 153 Å². The number of carbonyl (C=O) groups excluding carboxylic acids is 2. The van der Waals surface area contributed by atoms with E-state index in [1.54, 1.807) is 6.20 Å². The molecule has 0 aromatic carbocycles. The predicted octanol–water partition coefficient (Wildman–Crippen LogP) is 3.47. The van der Waals surface area contributed by atoms with E-state index in [4.69, 9.17) is 0 Å². The molecule has 0 aliphatic heterocycles. The zero-order valence-corrected chi connectivity index (χ0v) is 15.1. The van der Waals surface area contributed by atoms with E-state index in [0.29, 0.717) is 5.13 Å². The number of thiazole rings is 1. The van der Waals surface area contributed by atoms with Crippen molar-refractivity contribution in [2.75, 3.05) is 5.32 Å². The smallest absolute Gasteiger partial charge is 0.228 e. The van der Waals surface area contributed by atoms with Crippen LogP contribution in [0.25, 0.3) is 11.4 Å². The molecule has 0 radical (unpaired) electrons. The van der Waals surface area contributed by atoms with Gasteiger partial charge >= 0.3 is 0 Å². The van der Waals surface area contributed by atoms with Crippen molar-refractivity contribution in [3.05, 3.63) is 52.2 Å². The molecule has 3 rings (SSSR count). The van der Waals surface area contributed by atoms with E-state index in [1.807, 2.05) is 41.1 Å². The molecule has 3 aromatic rings. The van der Waals surface area contributed by atoms with E-state index < -0.39 is 0 Å². The molecule has 3 heterocycles. The number of pyridine rings is 1. The molecule has 1 atom stereocenters. The molecule has 128 valence electrons. The van der Waals surface area contributed by atoms with Crippen LogP contribution >= 0.6 is 22.7 Å². The average Bonchev–Trinajstić information content (AvgIpc) is 3.26. The fourth-order valence-electron chi connectivity index (χ4n) is 2.28. The number of amides is 2. The van der Waals surface area contributed by atoms with Gasteiger partial charge < -0.3 is 10.6 Å². The summed E-state index contributed by atoms with van der Waals surface area (Å²) in [6, 6.07) is 9.05. The number of anilines is 1. The van der Waals surface area contributed by atoms with E-state index >= 15 is 0 Å². The second-order valence-electron chi connectivity index (χ2n) is 5.27. The summed E-state index contributed by atoms with van der Waals surface area (Å²) in [6.07, 6.45) is 1.85.